The summed E-state index contributed by atoms with van der Waals surface area (Å²) < 4.78 is 5.67. The summed E-state index contributed by atoms with van der Waals surface area (Å²) in [7, 11) is 0. The van der Waals surface area contributed by atoms with Crippen LogP contribution in [-0.2, 0) is 4.79 Å². The molecule has 1 atom stereocenters. The van der Waals surface area contributed by atoms with Gasteiger partial charge in [0.05, 0.1) is 11.4 Å². The molecule has 4 heteroatoms. The van der Waals surface area contributed by atoms with E-state index in [0.29, 0.717) is 11.4 Å². The third kappa shape index (κ3) is 4.61. The molecule has 0 spiro atoms. The Morgan fingerprint density at radius 1 is 0.800 bits per heavy atom. The van der Waals surface area contributed by atoms with Gasteiger partial charge in [-0.05, 0) is 43.3 Å². The lowest BCUT2D eigenvalue weighted by Crippen LogP contribution is -2.30. The van der Waals surface area contributed by atoms with Gasteiger partial charge in [-0.2, -0.15) is 0 Å². The number of benzene rings is 3. The van der Waals surface area contributed by atoms with Crippen LogP contribution in [0.1, 0.15) is 6.92 Å². The minimum atomic E-state index is -0.604. The Hall–Kier alpha value is -3.27. The summed E-state index contributed by atoms with van der Waals surface area (Å²) in [6.45, 7) is 1.73. The van der Waals surface area contributed by atoms with Gasteiger partial charge in [0.1, 0.15) is 5.75 Å². The lowest BCUT2D eigenvalue weighted by molar-refractivity contribution is -0.122. The maximum Gasteiger partial charge on any atom is 0.265 e. The highest BCUT2D eigenvalue weighted by atomic mass is 16.5. The zero-order valence-corrected chi connectivity index (χ0v) is 14.0. The zero-order valence-electron chi connectivity index (χ0n) is 14.0. The van der Waals surface area contributed by atoms with Crippen molar-refractivity contribution in [2.75, 3.05) is 10.6 Å². The van der Waals surface area contributed by atoms with Crippen molar-refractivity contribution in [1.29, 1.82) is 0 Å². The molecule has 3 rings (SSSR count). The third-order valence-corrected chi connectivity index (χ3v) is 3.66. The van der Waals surface area contributed by atoms with Crippen LogP contribution < -0.4 is 15.4 Å². The van der Waals surface area contributed by atoms with Crippen LogP contribution in [0.4, 0.5) is 17.1 Å². The molecule has 0 bridgehead atoms. The first kappa shape index (κ1) is 16.6. The second kappa shape index (κ2) is 8.02. The molecule has 0 heterocycles. The normalized spacial score (nSPS) is 11.4. The van der Waals surface area contributed by atoms with Gasteiger partial charge < -0.3 is 15.4 Å². The van der Waals surface area contributed by atoms with Crippen molar-refractivity contribution in [1.82, 2.24) is 0 Å². The minimum absolute atomic E-state index is 0.203. The Bertz CT molecular complexity index is 820. The number of hydrogen-bond acceptors (Lipinski definition) is 3. The molecule has 0 aromatic heterocycles. The number of ether oxygens (including phenoxy) is 1. The predicted molar refractivity (Wildman–Crippen MR) is 101 cm³/mol. The predicted octanol–water partition coefficient (Wildman–Crippen LogP) is 4.84. The highest BCUT2D eigenvalue weighted by Gasteiger charge is 2.16. The third-order valence-electron chi connectivity index (χ3n) is 3.66. The zero-order chi connectivity index (χ0) is 17.5. The fraction of sp³-hybridized carbons (Fsp3) is 0.0952. The quantitative estimate of drug-likeness (QED) is 0.679. The van der Waals surface area contributed by atoms with E-state index in [-0.39, 0.29) is 5.91 Å². The summed E-state index contributed by atoms with van der Waals surface area (Å²) >= 11 is 0. The van der Waals surface area contributed by atoms with Crippen molar-refractivity contribution in [3.8, 4) is 5.75 Å². The van der Waals surface area contributed by atoms with E-state index in [1.165, 1.54) is 0 Å². The highest BCUT2D eigenvalue weighted by molar-refractivity contribution is 5.97. The van der Waals surface area contributed by atoms with Gasteiger partial charge >= 0.3 is 0 Å². The summed E-state index contributed by atoms with van der Waals surface area (Å²) in [4.78, 5) is 12.5. The van der Waals surface area contributed by atoms with Gasteiger partial charge in [-0.25, -0.2) is 0 Å². The smallest absolute Gasteiger partial charge is 0.265 e. The summed E-state index contributed by atoms with van der Waals surface area (Å²) in [5.41, 5.74) is 2.49. The first-order chi connectivity index (χ1) is 12.2. The first-order valence-corrected chi connectivity index (χ1v) is 8.16. The van der Waals surface area contributed by atoms with Crippen LogP contribution in [0.25, 0.3) is 0 Å². The van der Waals surface area contributed by atoms with Crippen LogP contribution in [-0.4, -0.2) is 12.0 Å². The molecule has 0 saturated carbocycles. The van der Waals surface area contributed by atoms with Crippen LogP contribution in [0, 0.1) is 0 Å². The van der Waals surface area contributed by atoms with Gasteiger partial charge in [0.25, 0.3) is 5.91 Å². The number of nitrogens with one attached hydrogen (secondary N) is 2. The standard InChI is InChI=1S/C21H20N2O2/c1-16(25-18-12-6-3-7-13-18)21(24)23-20-15-9-8-14-19(20)22-17-10-4-2-5-11-17/h2-16,22H,1H3,(H,23,24). The molecule has 0 aliphatic carbocycles. The molecule has 1 unspecified atom stereocenters. The largest absolute Gasteiger partial charge is 0.481 e. The van der Waals surface area contributed by atoms with E-state index < -0.39 is 6.10 Å². The lowest BCUT2D eigenvalue weighted by Gasteiger charge is -2.17. The van der Waals surface area contributed by atoms with Crippen LogP contribution in [0.5, 0.6) is 5.75 Å². The van der Waals surface area contributed by atoms with Gasteiger partial charge in [0.15, 0.2) is 6.10 Å². The Morgan fingerprint density at radius 3 is 2.04 bits per heavy atom. The second-order valence-corrected chi connectivity index (χ2v) is 5.60. The molecule has 1 amide bonds. The van der Waals surface area contributed by atoms with Gasteiger partial charge in [0, 0.05) is 5.69 Å². The molecule has 0 aliphatic rings. The molecular formula is C21H20N2O2. The van der Waals surface area contributed by atoms with Crippen LogP contribution in [0.15, 0.2) is 84.9 Å². The summed E-state index contributed by atoms with van der Waals surface area (Å²) in [5.74, 6) is 0.465. The number of anilines is 3. The number of amides is 1. The fourth-order valence-corrected chi connectivity index (χ4v) is 2.37. The minimum Gasteiger partial charge on any atom is -0.481 e. The van der Waals surface area contributed by atoms with Crippen molar-refractivity contribution in [3.63, 3.8) is 0 Å². The molecule has 2 N–H and O–H groups in total. The van der Waals surface area contributed by atoms with E-state index in [4.69, 9.17) is 4.74 Å². The van der Waals surface area contributed by atoms with Crippen molar-refractivity contribution in [2.24, 2.45) is 0 Å². The van der Waals surface area contributed by atoms with Crippen molar-refractivity contribution >= 4 is 23.0 Å². The first-order valence-electron chi connectivity index (χ1n) is 8.16. The summed E-state index contributed by atoms with van der Waals surface area (Å²) in [6, 6.07) is 26.7. The van der Waals surface area contributed by atoms with Crippen LogP contribution >= 0.6 is 0 Å². The van der Waals surface area contributed by atoms with Gasteiger partial charge in [-0.1, -0.05) is 48.5 Å². The number of para-hydroxylation sites is 4. The maximum absolute atomic E-state index is 12.5. The molecule has 4 nitrogen and oxygen atoms in total. The van der Waals surface area contributed by atoms with Gasteiger partial charge in [-0.3, -0.25) is 4.79 Å². The lowest BCUT2D eigenvalue weighted by atomic mass is 10.2. The molecule has 0 saturated heterocycles. The Kier molecular flexibility index (Phi) is 5.32. The van der Waals surface area contributed by atoms with Gasteiger partial charge in [0.2, 0.25) is 0 Å². The average Bonchev–Trinajstić information content (AvgIpc) is 2.65. The van der Waals surface area contributed by atoms with E-state index in [0.717, 1.165) is 11.4 Å². The molecule has 0 radical (unpaired) electrons. The highest BCUT2D eigenvalue weighted by Crippen LogP contribution is 2.25. The van der Waals surface area contributed by atoms with E-state index in [1.807, 2.05) is 84.9 Å². The number of hydrogen-bond donors (Lipinski definition) is 2. The average molecular weight is 332 g/mol. The Labute approximate surface area is 147 Å². The monoisotopic (exact) mass is 332 g/mol. The molecule has 25 heavy (non-hydrogen) atoms. The van der Waals surface area contributed by atoms with Crippen molar-refractivity contribution < 1.29 is 9.53 Å². The Balaban J connectivity index is 1.69. The topological polar surface area (TPSA) is 50.4 Å². The van der Waals surface area contributed by atoms with E-state index in [2.05, 4.69) is 10.6 Å². The van der Waals surface area contributed by atoms with Crippen LogP contribution in [0.2, 0.25) is 0 Å². The summed E-state index contributed by atoms with van der Waals surface area (Å²) in [5, 5.41) is 6.24. The summed E-state index contributed by atoms with van der Waals surface area (Å²) in [6.07, 6.45) is -0.604. The van der Waals surface area contributed by atoms with E-state index in [1.54, 1.807) is 6.92 Å². The molecule has 126 valence electrons. The number of rotatable bonds is 6. The number of carbonyl (C=O) groups is 1. The maximum atomic E-state index is 12.5. The molecular weight excluding hydrogens is 312 g/mol. The van der Waals surface area contributed by atoms with Crippen molar-refractivity contribution in [2.45, 2.75) is 13.0 Å². The second-order valence-electron chi connectivity index (χ2n) is 5.60. The van der Waals surface area contributed by atoms with E-state index in [9.17, 15) is 4.79 Å². The van der Waals surface area contributed by atoms with E-state index >= 15 is 0 Å². The van der Waals surface area contributed by atoms with Crippen LogP contribution in [0.3, 0.4) is 0 Å². The number of carbonyl (C=O) groups excluding carboxylic acids is 1. The molecule has 3 aromatic carbocycles. The van der Waals surface area contributed by atoms with Gasteiger partial charge in [-0.15, -0.1) is 0 Å². The molecule has 3 aromatic rings. The fourth-order valence-electron chi connectivity index (χ4n) is 2.37. The molecule has 0 aliphatic heterocycles. The Morgan fingerprint density at radius 2 is 1.36 bits per heavy atom. The molecule has 0 fully saturated rings. The SMILES string of the molecule is CC(Oc1ccccc1)C(=O)Nc1ccccc1Nc1ccccc1. The van der Waals surface area contributed by atoms with Crippen molar-refractivity contribution in [3.05, 3.63) is 84.9 Å².